The maximum absolute atomic E-state index is 13.3. The highest BCUT2D eigenvalue weighted by Crippen LogP contribution is 2.36. The molecule has 0 saturated heterocycles. The van der Waals surface area contributed by atoms with Crippen LogP contribution in [0.15, 0.2) is 82.5 Å². The number of thiazole rings is 1. The van der Waals surface area contributed by atoms with Gasteiger partial charge in [-0.05, 0) is 48.5 Å². The Hall–Kier alpha value is -3.78. The van der Waals surface area contributed by atoms with Gasteiger partial charge >= 0.3 is 0 Å². The van der Waals surface area contributed by atoms with Crippen LogP contribution in [0.2, 0.25) is 0 Å². The summed E-state index contributed by atoms with van der Waals surface area (Å²) in [6.07, 6.45) is 3.07. The van der Waals surface area contributed by atoms with Gasteiger partial charge in [-0.15, -0.1) is 0 Å². The van der Waals surface area contributed by atoms with Gasteiger partial charge in [0.2, 0.25) is 5.13 Å². The number of anilines is 2. The van der Waals surface area contributed by atoms with Crippen LogP contribution in [-0.4, -0.2) is 17.1 Å². The van der Waals surface area contributed by atoms with Crippen LogP contribution in [0.1, 0.15) is 16.1 Å². The zero-order chi connectivity index (χ0) is 20.1. The third-order valence-electron chi connectivity index (χ3n) is 3.90. The molecule has 2 aromatic carbocycles. The monoisotopic (exact) mass is 406 g/mol. The summed E-state index contributed by atoms with van der Waals surface area (Å²) in [5.41, 5.74) is 4.55. The molecule has 4 rings (SSSR count). The van der Waals surface area contributed by atoms with Crippen molar-refractivity contribution in [3.63, 3.8) is 0 Å². The predicted octanol–water partition coefficient (Wildman–Crippen LogP) is 5.24. The van der Waals surface area contributed by atoms with Gasteiger partial charge in [0, 0.05) is 11.1 Å². The molecule has 0 bridgehead atoms. The van der Waals surface area contributed by atoms with Gasteiger partial charge in [-0.25, -0.2) is 9.37 Å². The summed E-state index contributed by atoms with van der Waals surface area (Å²) >= 11 is 1.23. The SMILES string of the molecule is O=C(Nc1sc(N/N=C\c2ccco2)nc1-c1ccc(F)cc1)c1ccccc1. The van der Waals surface area contributed by atoms with Crippen molar-refractivity contribution in [1.82, 2.24) is 4.98 Å². The minimum absolute atomic E-state index is 0.261. The van der Waals surface area contributed by atoms with Crippen molar-refractivity contribution in [2.45, 2.75) is 0 Å². The van der Waals surface area contributed by atoms with Crippen molar-refractivity contribution < 1.29 is 13.6 Å². The van der Waals surface area contributed by atoms with E-state index in [1.807, 2.05) is 6.07 Å². The van der Waals surface area contributed by atoms with E-state index in [0.717, 1.165) is 0 Å². The zero-order valence-corrected chi connectivity index (χ0v) is 15.8. The summed E-state index contributed by atoms with van der Waals surface area (Å²) in [4.78, 5) is 17.1. The molecule has 8 heteroatoms. The average molecular weight is 406 g/mol. The maximum atomic E-state index is 13.3. The van der Waals surface area contributed by atoms with Gasteiger partial charge in [0.25, 0.3) is 5.91 Å². The largest absolute Gasteiger partial charge is 0.463 e. The van der Waals surface area contributed by atoms with Gasteiger partial charge in [0.1, 0.15) is 22.3 Å². The number of nitrogens with zero attached hydrogens (tertiary/aromatic N) is 2. The standard InChI is InChI=1S/C21H15FN4O2S/c22-16-10-8-14(9-11-16)18-20(25-19(27)15-5-2-1-3-6-15)29-21(24-18)26-23-13-17-7-4-12-28-17/h1-13H,(H,24,26)(H,25,27)/b23-13-. The second kappa shape index (κ2) is 8.49. The minimum Gasteiger partial charge on any atom is -0.463 e. The van der Waals surface area contributed by atoms with E-state index in [1.54, 1.807) is 54.8 Å². The van der Waals surface area contributed by atoms with Crippen LogP contribution in [0.25, 0.3) is 11.3 Å². The fourth-order valence-corrected chi connectivity index (χ4v) is 3.37. The number of rotatable bonds is 6. The molecule has 0 spiro atoms. The first kappa shape index (κ1) is 18.6. The normalized spacial score (nSPS) is 10.9. The first-order valence-electron chi connectivity index (χ1n) is 8.65. The molecule has 144 valence electrons. The lowest BCUT2D eigenvalue weighted by Crippen LogP contribution is -2.11. The van der Waals surface area contributed by atoms with Crippen molar-refractivity contribution in [3.05, 3.63) is 90.1 Å². The molecule has 29 heavy (non-hydrogen) atoms. The molecule has 0 saturated carbocycles. The molecule has 1 amide bonds. The van der Waals surface area contributed by atoms with Gasteiger partial charge in [0.05, 0.1) is 12.5 Å². The Morgan fingerprint density at radius 1 is 1.07 bits per heavy atom. The lowest BCUT2D eigenvalue weighted by atomic mass is 10.1. The Kier molecular flexibility index (Phi) is 5.44. The van der Waals surface area contributed by atoms with Crippen LogP contribution in [0.4, 0.5) is 14.5 Å². The highest BCUT2D eigenvalue weighted by atomic mass is 32.1. The first-order chi connectivity index (χ1) is 14.2. The second-order valence-corrected chi connectivity index (χ2v) is 6.91. The number of benzene rings is 2. The molecule has 0 radical (unpaired) electrons. The Morgan fingerprint density at radius 2 is 1.86 bits per heavy atom. The van der Waals surface area contributed by atoms with E-state index in [1.165, 1.54) is 29.7 Å². The molecular formula is C21H15FN4O2S. The third-order valence-corrected chi connectivity index (χ3v) is 4.78. The second-order valence-electron chi connectivity index (χ2n) is 5.91. The molecule has 4 aromatic rings. The Labute approximate surface area is 169 Å². The summed E-state index contributed by atoms with van der Waals surface area (Å²) in [5, 5.41) is 7.96. The van der Waals surface area contributed by atoms with E-state index in [9.17, 15) is 9.18 Å². The maximum Gasteiger partial charge on any atom is 0.256 e. The first-order valence-corrected chi connectivity index (χ1v) is 9.46. The summed E-state index contributed by atoms with van der Waals surface area (Å²) in [5.74, 6) is -0.0195. The quantitative estimate of drug-likeness (QED) is 0.339. The average Bonchev–Trinajstić information content (AvgIpc) is 3.40. The lowest BCUT2D eigenvalue weighted by molar-refractivity contribution is 0.102. The van der Waals surface area contributed by atoms with E-state index in [2.05, 4.69) is 20.8 Å². The number of furan rings is 1. The van der Waals surface area contributed by atoms with Gasteiger partial charge in [0.15, 0.2) is 0 Å². The van der Waals surface area contributed by atoms with Crippen LogP contribution in [0, 0.1) is 5.82 Å². The van der Waals surface area contributed by atoms with Crippen molar-refractivity contribution in [2.75, 3.05) is 10.7 Å². The van der Waals surface area contributed by atoms with E-state index < -0.39 is 0 Å². The predicted molar refractivity (Wildman–Crippen MR) is 112 cm³/mol. The Morgan fingerprint density at radius 3 is 2.59 bits per heavy atom. The van der Waals surface area contributed by atoms with Gasteiger partial charge in [-0.2, -0.15) is 5.10 Å². The number of amides is 1. The van der Waals surface area contributed by atoms with Crippen LogP contribution in [0.5, 0.6) is 0 Å². The van der Waals surface area contributed by atoms with Gasteiger partial charge < -0.3 is 9.73 Å². The number of nitrogens with one attached hydrogen (secondary N) is 2. The van der Waals surface area contributed by atoms with Gasteiger partial charge in [-0.3, -0.25) is 10.2 Å². The number of hydrazone groups is 1. The molecular weight excluding hydrogens is 391 g/mol. The summed E-state index contributed by atoms with van der Waals surface area (Å²) in [6.45, 7) is 0. The zero-order valence-electron chi connectivity index (χ0n) is 15.0. The molecule has 2 N–H and O–H groups in total. The van der Waals surface area contributed by atoms with Crippen LogP contribution < -0.4 is 10.7 Å². The molecule has 6 nitrogen and oxygen atoms in total. The number of carbonyl (C=O) groups is 1. The molecule has 0 unspecified atom stereocenters. The smallest absolute Gasteiger partial charge is 0.256 e. The summed E-state index contributed by atoms with van der Waals surface area (Å²) < 4.78 is 18.5. The third kappa shape index (κ3) is 4.56. The molecule has 2 aromatic heterocycles. The van der Waals surface area contributed by atoms with Crippen molar-refractivity contribution in [3.8, 4) is 11.3 Å². The van der Waals surface area contributed by atoms with Crippen molar-refractivity contribution >= 4 is 33.6 Å². The molecule has 0 aliphatic heterocycles. The van der Waals surface area contributed by atoms with Crippen LogP contribution >= 0.6 is 11.3 Å². The lowest BCUT2D eigenvalue weighted by Gasteiger charge is -2.05. The van der Waals surface area contributed by atoms with E-state index in [-0.39, 0.29) is 11.7 Å². The number of aromatic nitrogens is 1. The Bertz CT molecular complexity index is 1120. The highest BCUT2D eigenvalue weighted by Gasteiger charge is 2.16. The number of hydrogen-bond donors (Lipinski definition) is 2. The molecule has 0 aliphatic rings. The fourth-order valence-electron chi connectivity index (χ4n) is 2.54. The number of halogens is 1. The fraction of sp³-hybridized carbons (Fsp3) is 0. The van der Waals surface area contributed by atoms with Crippen LogP contribution in [-0.2, 0) is 0 Å². The molecule has 2 heterocycles. The topological polar surface area (TPSA) is 79.5 Å². The summed E-state index contributed by atoms with van der Waals surface area (Å²) in [6, 6.07) is 18.3. The minimum atomic E-state index is -0.347. The van der Waals surface area contributed by atoms with Crippen molar-refractivity contribution in [2.24, 2.45) is 5.10 Å². The number of hydrogen-bond acceptors (Lipinski definition) is 6. The van der Waals surface area contributed by atoms with E-state index in [0.29, 0.717) is 32.7 Å². The summed E-state index contributed by atoms with van der Waals surface area (Å²) in [7, 11) is 0. The highest BCUT2D eigenvalue weighted by molar-refractivity contribution is 7.20. The van der Waals surface area contributed by atoms with E-state index >= 15 is 0 Å². The molecule has 0 fully saturated rings. The van der Waals surface area contributed by atoms with Crippen molar-refractivity contribution in [1.29, 1.82) is 0 Å². The van der Waals surface area contributed by atoms with E-state index in [4.69, 9.17) is 4.42 Å². The number of carbonyl (C=O) groups excluding carboxylic acids is 1. The molecule has 0 aliphatic carbocycles. The molecule has 0 atom stereocenters. The van der Waals surface area contributed by atoms with Gasteiger partial charge in [-0.1, -0.05) is 29.5 Å². The van der Waals surface area contributed by atoms with Crippen LogP contribution in [0.3, 0.4) is 0 Å². The Balaban J connectivity index is 1.61.